The first kappa shape index (κ1) is 16.8. The van der Waals surface area contributed by atoms with E-state index in [9.17, 15) is 10.1 Å². The SMILES string of the molecule is CC(C)(C)OC(=O)N1CCC2(CC1)CC(N)c1cccc(C#N)c12. The molecule has 1 unspecified atom stereocenters. The highest BCUT2D eigenvalue weighted by Crippen LogP contribution is 2.51. The van der Waals surface area contributed by atoms with Gasteiger partial charge in [0.1, 0.15) is 5.60 Å². The summed E-state index contributed by atoms with van der Waals surface area (Å²) in [5, 5.41) is 9.49. The number of piperidine rings is 1. The Hall–Kier alpha value is -2.06. The quantitative estimate of drug-likeness (QED) is 0.793. The second-order valence-corrected chi connectivity index (χ2v) is 7.94. The Morgan fingerprint density at radius 1 is 1.38 bits per heavy atom. The first-order valence-corrected chi connectivity index (χ1v) is 8.53. The fourth-order valence-electron chi connectivity index (χ4n) is 4.10. The molecule has 1 aliphatic carbocycles. The van der Waals surface area contributed by atoms with Crippen LogP contribution in [0.25, 0.3) is 0 Å². The van der Waals surface area contributed by atoms with Crippen LogP contribution in [0.15, 0.2) is 18.2 Å². The number of hydrogen-bond acceptors (Lipinski definition) is 4. The van der Waals surface area contributed by atoms with Crippen molar-refractivity contribution in [3.05, 3.63) is 34.9 Å². The molecule has 3 rings (SSSR count). The smallest absolute Gasteiger partial charge is 0.410 e. The van der Waals surface area contributed by atoms with Crippen molar-refractivity contribution in [2.45, 2.75) is 57.1 Å². The minimum Gasteiger partial charge on any atom is -0.444 e. The summed E-state index contributed by atoms with van der Waals surface area (Å²) in [6.07, 6.45) is 2.24. The van der Waals surface area contributed by atoms with Gasteiger partial charge in [-0.2, -0.15) is 5.26 Å². The monoisotopic (exact) mass is 327 g/mol. The van der Waals surface area contributed by atoms with Crippen LogP contribution in [0.3, 0.4) is 0 Å². The molecule has 0 bridgehead atoms. The molecule has 128 valence electrons. The molecule has 1 spiro atoms. The average Bonchev–Trinajstić information content (AvgIpc) is 2.79. The summed E-state index contributed by atoms with van der Waals surface area (Å²) >= 11 is 0. The number of benzene rings is 1. The largest absolute Gasteiger partial charge is 0.444 e. The minimum atomic E-state index is -0.484. The summed E-state index contributed by atoms with van der Waals surface area (Å²) in [6.45, 7) is 6.91. The Bertz CT molecular complexity index is 692. The van der Waals surface area contributed by atoms with E-state index in [0.29, 0.717) is 13.1 Å². The predicted molar refractivity (Wildman–Crippen MR) is 91.4 cm³/mol. The molecule has 1 aromatic carbocycles. The maximum Gasteiger partial charge on any atom is 0.410 e. The number of amides is 1. The number of rotatable bonds is 0. The summed E-state index contributed by atoms with van der Waals surface area (Å²) < 4.78 is 5.47. The zero-order chi connectivity index (χ0) is 17.5. The van der Waals surface area contributed by atoms with E-state index in [1.165, 1.54) is 0 Å². The fourth-order valence-corrected chi connectivity index (χ4v) is 4.10. The molecule has 5 nitrogen and oxygen atoms in total. The number of carbonyl (C=O) groups is 1. The first-order chi connectivity index (χ1) is 11.3. The summed E-state index contributed by atoms with van der Waals surface area (Å²) in [6, 6.07) is 8.12. The third-order valence-corrected chi connectivity index (χ3v) is 5.13. The van der Waals surface area contributed by atoms with E-state index in [1.807, 2.05) is 39.0 Å². The van der Waals surface area contributed by atoms with Crippen LogP contribution in [-0.4, -0.2) is 29.7 Å². The lowest BCUT2D eigenvalue weighted by molar-refractivity contribution is 0.0162. The van der Waals surface area contributed by atoms with Gasteiger partial charge in [0, 0.05) is 24.5 Å². The molecular formula is C19H25N3O2. The molecule has 5 heteroatoms. The summed E-state index contributed by atoms with van der Waals surface area (Å²) in [5.74, 6) is 0. The zero-order valence-corrected chi connectivity index (χ0v) is 14.6. The molecule has 1 heterocycles. The molecule has 24 heavy (non-hydrogen) atoms. The van der Waals surface area contributed by atoms with Crippen molar-refractivity contribution in [3.63, 3.8) is 0 Å². The molecule has 1 amide bonds. The van der Waals surface area contributed by atoms with Crippen LogP contribution >= 0.6 is 0 Å². The van der Waals surface area contributed by atoms with Gasteiger partial charge in [-0.05, 0) is 57.2 Å². The van der Waals surface area contributed by atoms with Crippen LogP contribution in [0.2, 0.25) is 0 Å². The third-order valence-electron chi connectivity index (χ3n) is 5.13. The lowest BCUT2D eigenvalue weighted by Crippen LogP contribution is -2.46. The van der Waals surface area contributed by atoms with Crippen LogP contribution in [0.1, 0.15) is 62.8 Å². The van der Waals surface area contributed by atoms with Gasteiger partial charge >= 0.3 is 6.09 Å². The lowest BCUT2D eigenvalue weighted by Gasteiger charge is -2.40. The maximum absolute atomic E-state index is 12.3. The number of nitrogens with two attached hydrogens (primary N) is 1. The van der Waals surface area contributed by atoms with Crippen molar-refractivity contribution in [1.29, 1.82) is 5.26 Å². The van der Waals surface area contributed by atoms with E-state index in [0.717, 1.165) is 36.0 Å². The molecule has 1 aliphatic heterocycles. The van der Waals surface area contributed by atoms with Gasteiger partial charge in [-0.25, -0.2) is 4.79 Å². The molecule has 0 radical (unpaired) electrons. The summed E-state index contributed by atoms with van der Waals surface area (Å²) in [7, 11) is 0. The van der Waals surface area contributed by atoms with Crippen molar-refractivity contribution < 1.29 is 9.53 Å². The van der Waals surface area contributed by atoms with E-state index >= 15 is 0 Å². The van der Waals surface area contributed by atoms with Gasteiger partial charge in [-0.1, -0.05) is 12.1 Å². The van der Waals surface area contributed by atoms with Crippen molar-refractivity contribution in [1.82, 2.24) is 4.90 Å². The Morgan fingerprint density at radius 3 is 2.62 bits per heavy atom. The number of likely N-dealkylation sites (tertiary alicyclic amines) is 1. The highest BCUT2D eigenvalue weighted by molar-refractivity contribution is 5.68. The Kier molecular flexibility index (Phi) is 4.05. The first-order valence-electron chi connectivity index (χ1n) is 8.53. The molecule has 0 saturated carbocycles. The second kappa shape index (κ2) is 5.78. The van der Waals surface area contributed by atoms with Gasteiger partial charge in [-0.3, -0.25) is 0 Å². The molecule has 1 saturated heterocycles. The Labute approximate surface area is 143 Å². The highest BCUT2D eigenvalue weighted by atomic mass is 16.6. The molecule has 1 aromatic rings. The van der Waals surface area contributed by atoms with Gasteiger partial charge in [-0.15, -0.1) is 0 Å². The van der Waals surface area contributed by atoms with Crippen LogP contribution in [0.5, 0.6) is 0 Å². The van der Waals surface area contributed by atoms with Crippen LogP contribution < -0.4 is 5.73 Å². The lowest BCUT2D eigenvalue weighted by atomic mass is 9.72. The van der Waals surface area contributed by atoms with Crippen molar-refractivity contribution in [3.8, 4) is 6.07 Å². The zero-order valence-electron chi connectivity index (χ0n) is 14.6. The molecule has 2 aliphatic rings. The molecule has 1 fully saturated rings. The van der Waals surface area contributed by atoms with Crippen LogP contribution in [-0.2, 0) is 10.2 Å². The predicted octanol–water partition coefficient (Wildman–Crippen LogP) is 3.23. The number of fused-ring (bicyclic) bond motifs is 2. The molecule has 1 atom stereocenters. The van der Waals surface area contributed by atoms with E-state index in [4.69, 9.17) is 10.5 Å². The number of nitriles is 1. The molecule has 2 N–H and O–H groups in total. The number of nitrogens with zero attached hydrogens (tertiary/aromatic N) is 2. The molecule has 0 aromatic heterocycles. The minimum absolute atomic E-state index is 0.0265. The third kappa shape index (κ3) is 2.87. The van der Waals surface area contributed by atoms with Gasteiger partial charge in [0.2, 0.25) is 0 Å². The Morgan fingerprint density at radius 2 is 2.04 bits per heavy atom. The van der Waals surface area contributed by atoms with Crippen LogP contribution in [0, 0.1) is 11.3 Å². The number of hydrogen-bond donors (Lipinski definition) is 1. The summed E-state index contributed by atoms with van der Waals surface area (Å²) in [5.41, 5.74) is 8.71. The Balaban J connectivity index is 1.81. The summed E-state index contributed by atoms with van der Waals surface area (Å²) in [4.78, 5) is 14.0. The molecular weight excluding hydrogens is 302 g/mol. The van der Waals surface area contributed by atoms with Gasteiger partial charge in [0.15, 0.2) is 0 Å². The van der Waals surface area contributed by atoms with Crippen molar-refractivity contribution in [2.75, 3.05) is 13.1 Å². The van der Waals surface area contributed by atoms with Gasteiger partial charge in [0.05, 0.1) is 11.6 Å². The average molecular weight is 327 g/mol. The normalized spacial score (nSPS) is 22.1. The highest BCUT2D eigenvalue weighted by Gasteiger charge is 2.46. The van der Waals surface area contributed by atoms with Crippen molar-refractivity contribution >= 4 is 6.09 Å². The van der Waals surface area contributed by atoms with Gasteiger partial charge in [0.25, 0.3) is 0 Å². The number of carbonyl (C=O) groups excluding carboxylic acids is 1. The van der Waals surface area contributed by atoms with E-state index in [2.05, 4.69) is 6.07 Å². The van der Waals surface area contributed by atoms with Crippen molar-refractivity contribution in [2.24, 2.45) is 5.73 Å². The maximum atomic E-state index is 12.3. The van der Waals surface area contributed by atoms with Crippen LogP contribution in [0.4, 0.5) is 4.79 Å². The topological polar surface area (TPSA) is 79.3 Å². The van der Waals surface area contributed by atoms with Gasteiger partial charge < -0.3 is 15.4 Å². The fraction of sp³-hybridized carbons (Fsp3) is 0.579. The van der Waals surface area contributed by atoms with E-state index < -0.39 is 5.60 Å². The van der Waals surface area contributed by atoms with E-state index in [1.54, 1.807) is 4.90 Å². The number of ether oxygens (including phenoxy) is 1. The second-order valence-electron chi connectivity index (χ2n) is 7.94. The standard InChI is InChI=1S/C19H25N3O2/c1-18(2,3)24-17(23)22-9-7-19(8-10-22)11-15(21)14-6-4-5-13(12-20)16(14)19/h4-6,15H,7-11,21H2,1-3H3. The van der Waals surface area contributed by atoms with E-state index in [-0.39, 0.29) is 17.6 Å².